The molecule has 0 saturated carbocycles. The van der Waals surface area contributed by atoms with Crippen LogP contribution in [0, 0.1) is 0 Å². The Balaban J connectivity index is 1.98. The molecule has 0 spiro atoms. The molecule has 0 fully saturated rings. The minimum Gasteiger partial charge on any atom is -0.508 e. The first-order chi connectivity index (χ1) is 12.1. The van der Waals surface area contributed by atoms with Gasteiger partial charge in [0.2, 0.25) is 0 Å². The van der Waals surface area contributed by atoms with Crippen LogP contribution >= 0.6 is 0 Å². The van der Waals surface area contributed by atoms with Gasteiger partial charge in [-0.25, -0.2) is 4.79 Å². The fourth-order valence-corrected chi connectivity index (χ4v) is 2.92. The van der Waals surface area contributed by atoms with E-state index in [1.54, 1.807) is 0 Å². The molecule has 25 heavy (non-hydrogen) atoms. The average molecular weight is 350 g/mol. The number of hydrogen-bond acceptors (Lipinski definition) is 3. The fourth-order valence-electron chi connectivity index (χ4n) is 2.92. The van der Waals surface area contributed by atoms with E-state index in [1.807, 2.05) is 0 Å². The van der Waals surface area contributed by atoms with Gasteiger partial charge in [-0.15, -0.1) is 0 Å². The van der Waals surface area contributed by atoms with Crippen LogP contribution in [0.25, 0.3) is 0 Å². The first-order valence-electron chi connectivity index (χ1n) is 9.83. The van der Waals surface area contributed by atoms with E-state index in [1.165, 1.54) is 82.4 Å². The van der Waals surface area contributed by atoms with Crippen LogP contribution in [-0.2, 0) is 0 Å². The maximum atomic E-state index is 10.9. The number of aromatic hydroxyl groups is 1. The van der Waals surface area contributed by atoms with Crippen LogP contribution in [0.2, 0.25) is 0 Å². The molecule has 4 heteroatoms. The molecule has 0 aliphatic heterocycles. The highest BCUT2D eigenvalue weighted by molar-refractivity contribution is 5.88. The molecule has 142 valence electrons. The molecule has 0 unspecified atom stereocenters. The summed E-state index contributed by atoms with van der Waals surface area (Å²) in [7, 11) is 0. The van der Waals surface area contributed by atoms with E-state index in [4.69, 9.17) is 9.84 Å². The summed E-state index contributed by atoms with van der Waals surface area (Å²) in [4.78, 5) is 10.9. The lowest BCUT2D eigenvalue weighted by Crippen LogP contribution is -2.00. The lowest BCUT2D eigenvalue weighted by molar-refractivity contribution is 0.0696. The monoisotopic (exact) mass is 350 g/mol. The molecular weight excluding hydrogens is 316 g/mol. The number of hydrogen-bond donors (Lipinski definition) is 2. The number of phenols is 1. The first kappa shape index (κ1) is 21.3. The fraction of sp³-hybridized carbons (Fsp3) is 0.667. The van der Waals surface area contributed by atoms with E-state index in [0.717, 1.165) is 12.8 Å². The molecule has 0 atom stereocenters. The first-order valence-corrected chi connectivity index (χ1v) is 9.83. The molecule has 0 radical (unpaired) electrons. The molecule has 1 rings (SSSR count). The molecular formula is C21H34O4. The lowest BCUT2D eigenvalue weighted by atomic mass is 10.1. The van der Waals surface area contributed by atoms with E-state index in [0.29, 0.717) is 12.4 Å². The van der Waals surface area contributed by atoms with Crippen molar-refractivity contribution in [1.82, 2.24) is 0 Å². The van der Waals surface area contributed by atoms with Gasteiger partial charge in [0.25, 0.3) is 0 Å². The minimum atomic E-state index is -1.06. The molecule has 4 nitrogen and oxygen atoms in total. The number of aromatic carboxylic acids is 1. The summed E-state index contributed by atoms with van der Waals surface area (Å²) in [5, 5.41) is 18.5. The number of phenolic OH excluding ortho intramolecular Hbond substituents is 1. The average Bonchev–Trinajstić information content (AvgIpc) is 2.58. The predicted octanol–water partition coefficient (Wildman–Crippen LogP) is 6.17. The van der Waals surface area contributed by atoms with Crippen LogP contribution in [-0.4, -0.2) is 22.8 Å². The zero-order valence-corrected chi connectivity index (χ0v) is 15.6. The number of unbranched alkanes of at least 4 members (excludes halogenated alkanes) is 11. The third-order valence-electron chi connectivity index (χ3n) is 4.40. The number of carbonyl (C=O) groups is 1. The second-order valence-corrected chi connectivity index (χ2v) is 6.76. The molecule has 0 saturated heterocycles. The summed E-state index contributed by atoms with van der Waals surface area (Å²) in [6.45, 7) is 2.81. The standard InChI is InChI=1S/C21H34O4/c1-2-3-4-5-6-7-8-9-10-11-12-13-14-25-20-16-18(21(23)24)15-19(22)17-20/h15-17,22H,2-14H2,1H3,(H,23,24). The Morgan fingerprint density at radius 3 is 1.88 bits per heavy atom. The summed E-state index contributed by atoms with van der Waals surface area (Å²) in [5.74, 6) is -0.726. The van der Waals surface area contributed by atoms with Crippen molar-refractivity contribution in [1.29, 1.82) is 0 Å². The molecule has 2 N–H and O–H groups in total. The SMILES string of the molecule is CCCCCCCCCCCCCCOc1cc(O)cc(C(=O)O)c1. The molecule has 0 bridgehead atoms. The van der Waals surface area contributed by atoms with Crippen LogP contribution in [0.15, 0.2) is 18.2 Å². The summed E-state index contributed by atoms with van der Waals surface area (Å²) >= 11 is 0. The van der Waals surface area contributed by atoms with Crippen LogP contribution in [0.3, 0.4) is 0 Å². The lowest BCUT2D eigenvalue weighted by Gasteiger charge is -2.08. The highest BCUT2D eigenvalue weighted by Gasteiger charge is 2.07. The van der Waals surface area contributed by atoms with Gasteiger partial charge in [-0.3, -0.25) is 0 Å². The number of benzene rings is 1. The van der Waals surface area contributed by atoms with Crippen LogP contribution in [0.5, 0.6) is 11.5 Å². The van der Waals surface area contributed by atoms with E-state index >= 15 is 0 Å². The topological polar surface area (TPSA) is 66.8 Å². The summed E-state index contributed by atoms with van der Waals surface area (Å²) in [6, 6.07) is 4.12. The van der Waals surface area contributed by atoms with E-state index in [-0.39, 0.29) is 11.3 Å². The van der Waals surface area contributed by atoms with Crippen LogP contribution in [0.4, 0.5) is 0 Å². The van der Waals surface area contributed by atoms with Crippen molar-refractivity contribution in [2.24, 2.45) is 0 Å². The third-order valence-corrected chi connectivity index (χ3v) is 4.40. The van der Waals surface area contributed by atoms with Gasteiger partial charge in [-0.05, 0) is 18.6 Å². The van der Waals surface area contributed by atoms with Crippen molar-refractivity contribution in [3.8, 4) is 11.5 Å². The smallest absolute Gasteiger partial charge is 0.335 e. The number of rotatable bonds is 15. The highest BCUT2D eigenvalue weighted by atomic mass is 16.5. The maximum absolute atomic E-state index is 10.9. The number of carboxylic acids is 1. The zero-order chi connectivity index (χ0) is 18.3. The molecule has 0 amide bonds. The number of ether oxygens (including phenoxy) is 1. The van der Waals surface area contributed by atoms with Crippen LogP contribution in [0.1, 0.15) is 94.3 Å². The van der Waals surface area contributed by atoms with Gasteiger partial charge in [-0.2, -0.15) is 0 Å². The van der Waals surface area contributed by atoms with E-state index in [9.17, 15) is 9.90 Å². The van der Waals surface area contributed by atoms with Crippen molar-refractivity contribution >= 4 is 5.97 Å². The summed E-state index contributed by atoms with van der Waals surface area (Å²) < 4.78 is 5.55. The van der Waals surface area contributed by atoms with E-state index < -0.39 is 5.97 Å². The van der Waals surface area contributed by atoms with Gasteiger partial charge in [-0.1, -0.05) is 77.6 Å². The van der Waals surface area contributed by atoms with Crippen LogP contribution < -0.4 is 4.74 Å². The normalized spacial score (nSPS) is 10.8. The molecule has 1 aromatic rings. The Bertz CT molecular complexity index is 485. The van der Waals surface area contributed by atoms with Crippen molar-refractivity contribution < 1.29 is 19.7 Å². The second kappa shape index (κ2) is 13.6. The zero-order valence-electron chi connectivity index (χ0n) is 15.6. The molecule has 0 aliphatic carbocycles. The molecule has 0 aliphatic rings. The quantitative estimate of drug-likeness (QED) is 0.371. The Kier molecular flexibility index (Phi) is 11.6. The highest BCUT2D eigenvalue weighted by Crippen LogP contribution is 2.22. The Morgan fingerprint density at radius 1 is 0.840 bits per heavy atom. The Hall–Kier alpha value is -1.71. The maximum Gasteiger partial charge on any atom is 0.335 e. The third kappa shape index (κ3) is 10.7. The van der Waals surface area contributed by atoms with Gasteiger partial charge in [0.15, 0.2) is 0 Å². The second-order valence-electron chi connectivity index (χ2n) is 6.76. The summed E-state index contributed by atoms with van der Waals surface area (Å²) in [6.07, 6.45) is 15.5. The van der Waals surface area contributed by atoms with Gasteiger partial charge < -0.3 is 14.9 Å². The van der Waals surface area contributed by atoms with Gasteiger partial charge in [0.05, 0.1) is 12.2 Å². The van der Waals surface area contributed by atoms with Gasteiger partial charge >= 0.3 is 5.97 Å². The summed E-state index contributed by atoms with van der Waals surface area (Å²) in [5.41, 5.74) is 0.0460. The van der Waals surface area contributed by atoms with Gasteiger partial charge in [0, 0.05) is 6.07 Å². The predicted molar refractivity (Wildman–Crippen MR) is 102 cm³/mol. The minimum absolute atomic E-state index is 0.0460. The van der Waals surface area contributed by atoms with Gasteiger partial charge in [0.1, 0.15) is 11.5 Å². The molecule has 0 heterocycles. The molecule has 0 aromatic heterocycles. The Labute approximate surface area is 152 Å². The van der Waals surface area contributed by atoms with Crippen molar-refractivity contribution in [2.45, 2.75) is 84.0 Å². The van der Waals surface area contributed by atoms with Crippen molar-refractivity contribution in [3.63, 3.8) is 0 Å². The van der Waals surface area contributed by atoms with Crippen molar-refractivity contribution in [2.75, 3.05) is 6.61 Å². The molecule has 1 aromatic carbocycles. The largest absolute Gasteiger partial charge is 0.508 e. The Morgan fingerprint density at radius 2 is 1.36 bits per heavy atom. The van der Waals surface area contributed by atoms with E-state index in [2.05, 4.69) is 6.92 Å². The number of carboxylic acid groups (broad SMARTS) is 1. The van der Waals surface area contributed by atoms with Crippen molar-refractivity contribution in [3.05, 3.63) is 23.8 Å².